The zero-order valence-electron chi connectivity index (χ0n) is 25.1. The Morgan fingerprint density at radius 3 is 1.70 bits per heavy atom. The van der Waals surface area contributed by atoms with Crippen LogP contribution >= 0.6 is 0 Å². The van der Waals surface area contributed by atoms with Crippen molar-refractivity contribution >= 4 is 43.1 Å². The van der Waals surface area contributed by atoms with Crippen LogP contribution < -0.4 is 0 Å². The first-order valence-corrected chi connectivity index (χ1v) is 15.7. The van der Waals surface area contributed by atoms with Gasteiger partial charge in [0.15, 0.2) is 5.82 Å². The molecule has 0 saturated carbocycles. The fourth-order valence-electron chi connectivity index (χ4n) is 6.82. The van der Waals surface area contributed by atoms with Crippen molar-refractivity contribution in [3.63, 3.8) is 0 Å². The fraction of sp³-hybridized carbons (Fsp3) is 0. The molecule has 9 aromatic rings. The Hall–Kier alpha value is -6.12. The van der Waals surface area contributed by atoms with Crippen molar-refractivity contribution in [3.8, 4) is 45.0 Å². The first kappa shape index (κ1) is 26.3. The Labute approximate surface area is 267 Å². The predicted octanol–water partition coefficient (Wildman–Crippen LogP) is 11.8. The monoisotopic (exact) mass is 584 g/mol. The molecule has 8 aromatic carbocycles. The molecule has 46 heavy (non-hydrogen) atoms. The summed E-state index contributed by atoms with van der Waals surface area (Å²) in [5.74, 6) is 0.727. The average Bonchev–Trinajstić information content (AvgIpc) is 3.14. The molecule has 0 unspecified atom stereocenters. The summed E-state index contributed by atoms with van der Waals surface area (Å²) in [6, 6.07) is 60.3. The standard InChI is InChI=1S/C44H28N2/c1-2-11-29(12-3-1)30-21-23-33(24-22-30)41-28-42(38-20-10-16-31-13-4-7-17-35(31)38)46-44(45-41)43-37-19-9-6-15-34(37)27-40-36-18-8-5-14-32(36)25-26-39(40)43/h1-28H. The van der Waals surface area contributed by atoms with Gasteiger partial charge < -0.3 is 0 Å². The van der Waals surface area contributed by atoms with Gasteiger partial charge in [-0.2, -0.15) is 0 Å². The van der Waals surface area contributed by atoms with Crippen LogP contribution in [-0.4, -0.2) is 9.97 Å². The molecule has 0 atom stereocenters. The number of fused-ring (bicyclic) bond motifs is 5. The molecule has 0 bridgehead atoms. The summed E-state index contributed by atoms with van der Waals surface area (Å²) in [5.41, 5.74) is 7.39. The topological polar surface area (TPSA) is 25.8 Å². The van der Waals surface area contributed by atoms with E-state index in [0.717, 1.165) is 44.7 Å². The van der Waals surface area contributed by atoms with E-state index in [4.69, 9.17) is 9.97 Å². The zero-order chi connectivity index (χ0) is 30.5. The van der Waals surface area contributed by atoms with Crippen molar-refractivity contribution in [2.24, 2.45) is 0 Å². The molecule has 0 N–H and O–H groups in total. The number of rotatable bonds is 4. The van der Waals surface area contributed by atoms with E-state index in [1.165, 1.54) is 43.4 Å². The van der Waals surface area contributed by atoms with Crippen LogP contribution in [0.5, 0.6) is 0 Å². The fourth-order valence-corrected chi connectivity index (χ4v) is 6.82. The molecule has 0 amide bonds. The third-order valence-corrected chi connectivity index (χ3v) is 9.07. The minimum Gasteiger partial charge on any atom is -0.228 e. The number of benzene rings is 8. The van der Waals surface area contributed by atoms with Crippen molar-refractivity contribution in [1.29, 1.82) is 0 Å². The van der Waals surface area contributed by atoms with E-state index in [9.17, 15) is 0 Å². The first-order chi connectivity index (χ1) is 22.8. The maximum atomic E-state index is 5.38. The number of hydrogen-bond donors (Lipinski definition) is 0. The highest BCUT2D eigenvalue weighted by molar-refractivity contribution is 6.19. The summed E-state index contributed by atoms with van der Waals surface area (Å²) in [7, 11) is 0. The number of hydrogen-bond acceptors (Lipinski definition) is 2. The summed E-state index contributed by atoms with van der Waals surface area (Å²) in [5, 5.41) is 9.50. The second-order valence-electron chi connectivity index (χ2n) is 11.8. The molecule has 0 radical (unpaired) electrons. The first-order valence-electron chi connectivity index (χ1n) is 15.7. The molecule has 0 aliphatic rings. The van der Waals surface area contributed by atoms with E-state index in [2.05, 4.69) is 170 Å². The molecule has 0 aliphatic carbocycles. The highest BCUT2D eigenvalue weighted by Gasteiger charge is 2.18. The second kappa shape index (κ2) is 10.8. The van der Waals surface area contributed by atoms with E-state index >= 15 is 0 Å². The van der Waals surface area contributed by atoms with Crippen LogP contribution in [0, 0.1) is 0 Å². The van der Waals surface area contributed by atoms with Gasteiger partial charge in [0, 0.05) is 16.7 Å². The normalized spacial score (nSPS) is 11.5. The summed E-state index contributed by atoms with van der Waals surface area (Å²) >= 11 is 0. The summed E-state index contributed by atoms with van der Waals surface area (Å²) in [6.45, 7) is 0. The molecule has 0 fully saturated rings. The predicted molar refractivity (Wildman–Crippen MR) is 194 cm³/mol. The van der Waals surface area contributed by atoms with Crippen LogP contribution in [0.2, 0.25) is 0 Å². The van der Waals surface area contributed by atoms with E-state index < -0.39 is 0 Å². The van der Waals surface area contributed by atoms with Gasteiger partial charge in [-0.3, -0.25) is 0 Å². The van der Waals surface area contributed by atoms with E-state index in [1.54, 1.807) is 0 Å². The van der Waals surface area contributed by atoms with Gasteiger partial charge in [0.25, 0.3) is 0 Å². The Morgan fingerprint density at radius 1 is 0.304 bits per heavy atom. The van der Waals surface area contributed by atoms with Crippen molar-refractivity contribution in [2.75, 3.05) is 0 Å². The SMILES string of the molecule is c1ccc(-c2ccc(-c3cc(-c4cccc5ccccc45)nc(-c4c5ccccc5cc5c4ccc4ccccc45)n3)cc2)cc1. The zero-order valence-corrected chi connectivity index (χ0v) is 25.1. The maximum absolute atomic E-state index is 5.38. The minimum absolute atomic E-state index is 0.727. The minimum atomic E-state index is 0.727. The van der Waals surface area contributed by atoms with Gasteiger partial charge >= 0.3 is 0 Å². The number of nitrogens with zero attached hydrogens (tertiary/aromatic N) is 2. The van der Waals surface area contributed by atoms with Gasteiger partial charge in [0.05, 0.1) is 11.4 Å². The smallest absolute Gasteiger partial charge is 0.161 e. The van der Waals surface area contributed by atoms with Crippen molar-refractivity contribution < 1.29 is 0 Å². The summed E-state index contributed by atoms with van der Waals surface area (Å²) in [4.78, 5) is 10.7. The molecular formula is C44H28N2. The molecule has 1 heterocycles. The summed E-state index contributed by atoms with van der Waals surface area (Å²) < 4.78 is 0. The van der Waals surface area contributed by atoms with Crippen molar-refractivity contribution in [3.05, 3.63) is 170 Å². The van der Waals surface area contributed by atoms with E-state index in [-0.39, 0.29) is 0 Å². The average molecular weight is 585 g/mol. The van der Waals surface area contributed by atoms with Gasteiger partial charge in [0.1, 0.15) is 0 Å². The lowest BCUT2D eigenvalue weighted by Crippen LogP contribution is -1.98. The van der Waals surface area contributed by atoms with E-state index in [1.807, 2.05) is 0 Å². The maximum Gasteiger partial charge on any atom is 0.161 e. The van der Waals surface area contributed by atoms with Gasteiger partial charge in [-0.1, -0.05) is 158 Å². The van der Waals surface area contributed by atoms with Gasteiger partial charge in [-0.05, 0) is 66.3 Å². The Bertz CT molecular complexity index is 2560. The van der Waals surface area contributed by atoms with Gasteiger partial charge in [-0.15, -0.1) is 0 Å². The largest absolute Gasteiger partial charge is 0.228 e. The second-order valence-corrected chi connectivity index (χ2v) is 11.8. The number of aromatic nitrogens is 2. The molecule has 0 aliphatic heterocycles. The lowest BCUT2D eigenvalue weighted by Gasteiger charge is -2.16. The quantitative estimate of drug-likeness (QED) is 0.152. The molecule has 0 spiro atoms. The molecule has 9 rings (SSSR count). The van der Waals surface area contributed by atoms with Crippen molar-refractivity contribution in [2.45, 2.75) is 0 Å². The van der Waals surface area contributed by atoms with Crippen LogP contribution in [-0.2, 0) is 0 Å². The van der Waals surface area contributed by atoms with Crippen molar-refractivity contribution in [1.82, 2.24) is 9.97 Å². The lowest BCUT2D eigenvalue weighted by atomic mass is 9.92. The Balaban J connectivity index is 1.34. The van der Waals surface area contributed by atoms with Crippen LogP contribution in [0.1, 0.15) is 0 Å². The third kappa shape index (κ3) is 4.43. The molecular weight excluding hydrogens is 556 g/mol. The molecule has 2 nitrogen and oxygen atoms in total. The Kier molecular flexibility index (Phi) is 6.17. The van der Waals surface area contributed by atoms with Crippen LogP contribution in [0.15, 0.2) is 170 Å². The van der Waals surface area contributed by atoms with Crippen LogP contribution in [0.4, 0.5) is 0 Å². The summed E-state index contributed by atoms with van der Waals surface area (Å²) in [6.07, 6.45) is 0. The molecule has 1 aromatic heterocycles. The highest BCUT2D eigenvalue weighted by Crippen LogP contribution is 2.40. The highest BCUT2D eigenvalue weighted by atomic mass is 14.9. The van der Waals surface area contributed by atoms with Crippen LogP contribution in [0.25, 0.3) is 88.1 Å². The van der Waals surface area contributed by atoms with E-state index in [0.29, 0.717) is 0 Å². The van der Waals surface area contributed by atoms with Gasteiger partial charge in [-0.25, -0.2) is 9.97 Å². The van der Waals surface area contributed by atoms with Gasteiger partial charge in [0.2, 0.25) is 0 Å². The molecule has 0 saturated heterocycles. The Morgan fingerprint density at radius 2 is 0.891 bits per heavy atom. The third-order valence-electron chi connectivity index (χ3n) is 9.07. The van der Waals surface area contributed by atoms with Crippen LogP contribution in [0.3, 0.4) is 0 Å². The molecule has 214 valence electrons. The molecule has 2 heteroatoms. The lowest BCUT2D eigenvalue weighted by molar-refractivity contribution is 1.19.